The van der Waals surface area contributed by atoms with Crippen LogP contribution in [-0.4, -0.2) is 22.8 Å². The molecule has 0 spiro atoms. The van der Waals surface area contributed by atoms with E-state index in [0.717, 1.165) is 22.5 Å². The third kappa shape index (κ3) is 3.58. The van der Waals surface area contributed by atoms with Gasteiger partial charge < -0.3 is 14.4 Å². The molecular formula is C21H21NO3. The maximum atomic E-state index is 12.5. The van der Waals surface area contributed by atoms with Crippen molar-refractivity contribution < 1.29 is 14.6 Å². The SMILES string of the molecule is COC(=O)C(Cc1ccc(O)cc1)n1c(C)ccc1-c1ccccc1. The van der Waals surface area contributed by atoms with Crippen LogP contribution in [0.25, 0.3) is 11.3 Å². The van der Waals surface area contributed by atoms with Crippen molar-refractivity contribution in [1.29, 1.82) is 0 Å². The maximum Gasteiger partial charge on any atom is 0.329 e. The van der Waals surface area contributed by atoms with E-state index in [-0.39, 0.29) is 11.7 Å². The molecule has 0 fully saturated rings. The third-order valence-electron chi connectivity index (χ3n) is 4.34. The van der Waals surface area contributed by atoms with Crippen LogP contribution in [-0.2, 0) is 16.0 Å². The number of esters is 1. The first kappa shape index (κ1) is 16.8. The Kier molecular flexibility index (Phi) is 4.89. The van der Waals surface area contributed by atoms with Gasteiger partial charge in [-0.2, -0.15) is 0 Å². The lowest BCUT2D eigenvalue weighted by molar-refractivity contribution is -0.144. The van der Waals surface area contributed by atoms with E-state index in [0.29, 0.717) is 6.42 Å². The van der Waals surface area contributed by atoms with Gasteiger partial charge in [-0.1, -0.05) is 42.5 Å². The monoisotopic (exact) mass is 335 g/mol. The second-order valence-electron chi connectivity index (χ2n) is 6.01. The first-order valence-electron chi connectivity index (χ1n) is 8.19. The smallest absolute Gasteiger partial charge is 0.329 e. The van der Waals surface area contributed by atoms with Gasteiger partial charge in [-0.15, -0.1) is 0 Å². The van der Waals surface area contributed by atoms with Crippen LogP contribution in [0.5, 0.6) is 5.75 Å². The lowest BCUT2D eigenvalue weighted by atomic mass is 10.0. The Morgan fingerprint density at radius 2 is 1.72 bits per heavy atom. The highest BCUT2D eigenvalue weighted by Gasteiger charge is 2.25. The van der Waals surface area contributed by atoms with Gasteiger partial charge in [-0.05, 0) is 42.3 Å². The fraction of sp³-hybridized carbons (Fsp3) is 0.190. The van der Waals surface area contributed by atoms with E-state index in [1.165, 1.54) is 7.11 Å². The number of carbonyl (C=O) groups is 1. The number of phenolic OH excluding ortho intramolecular Hbond substituents is 1. The first-order chi connectivity index (χ1) is 12.1. The minimum atomic E-state index is -0.472. The molecule has 0 aliphatic carbocycles. The molecule has 3 aromatic rings. The molecule has 4 nitrogen and oxygen atoms in total. The summed E-state index contributed by atoms with van der Waals surface area (Å²) >= 11 is 0. The fourth-order valence-electron chi connectivity index (χ4n) is 3.08. The molecule has 0 radical (unpaired) electrons. The van der Waals surface area contributed by atoms with E-state index in [1.807, 2.05) is 66.1 Å². The number of aromatic hydroxyl groups is 1. The Balaban J connectivity index is 2.04. The molecule has 0 amide bonds. The fourth-order valence-corrected chi connectivity index (χ4v) is 3.08. The van der Waals surface area contributed by atoms with Gasteiger partial charge in [0.1, 0.15) is 11.8 Å². The number of aryl methyl sites for hydroxylation is 1. The van der Waals surface area contributed by atoms with Crippen LogP contribution in [0.4, 0.5) is 0 Å². The van der Waals surface area contributed by atoms with Crippen LogP contribution in [0.3, 0.4) is 0 Å². The standard InChI is InChI=1S/C21H21NO3/c1-15-8-13-19(17-6-4-3-5-7-17)22(15)20(21(24)25-2)14-16-9-11-18(23)12-10-16/h3-13,20,23H,14H2,1-2H3. The van der Waals surface area contributed by atoms with Gasteiger partial charge in [0, 0.05) is 17.8 Å². The number of hydrogen-bond donors (Lipinski definition) is 1. The molecular weight excluding hydrogens is 314 g/mol. The predicted molar refractivity (Wildman–Crippen MR) is 97.5 cm³/mol. The van der Waals surface area contributed by atoms with E-state index in [9.17, 15) is 9.90 Å². The summed E-state index contributed by atoms with van der Waals surface area (Å²) in [6.07, 6.45) is 0.488. The summed E-state index contributed by atoms with van der Waals surface area (Å²) in [4.78, 5) is 12.5. The lowest BCUT2D eigenvalue weighted by Crippen LogP contribution is -2.24. The number of aromatic nitrogens is 1. The zero-order valence-electron chi connectivity index (χ0n) is 14.3. The van der Waals surface area contributed by atoms with Gasteiger partial charge in [-0.3, -0.25) is 0 Å². The van der Waals surface area contributed by atoms with E-state index < -0.39 is 6.04 Å². The minimum Gasteiger partial charge on any atom is -0.508 e. The molecule has 0 aliphatic rings. The third-order valence-corrected chi connectivity index (χ3v) is 4.34. The number of methoxy groups -OCH3 is 1. The molecule has 25 heavy (non-hydrogen) atoms. The molecule has 1 N–H and O–H groups in total. The van der Waals surface area contributed by atoms with Crippen LogP contribution in [0, 0.1) is 6.92 Å². The van der Waals surface area contributed by atoms with Crippen LogP contribution in [0.1, 0.15) is 17.3 Å². The number of benzene rings is 2. The molecule has 4 heteroatoms. The summed E-state index contributed by atoms with van der Waals surface area (Å²) in [6, 6.07) is 20.5. The van der Waals surface area contributed by atoms with Gasteiger partial charge in [-0.25, -0.2) is 4.79 Å². The van der Waals surface area contributed by atoms with Crippen molar-refractivity contribution in [3.8, 4) is 17.0 Å². The molecule has 1 unspecified atom stereocenters. The molecule has 0 saturated carbocycles. The number of nitrogens with zero attached hydrogens (tertiary/aromatic N) is 1. The highest BCUT2D eigenvalue weighted by Crippen LogP contribution is 2.29. The Labute approximate surface area is 147 Å². The lowest BCUT2D eigenvalue weighted by Gasteiger charge is -2.22. The van der Waals surface area contributed by atoms with Crippen LogP contribution in [0.15, 0.2) is 66.7 Å². The number of carbonyl (C=O) groups excluding carboxylic acids is 1. The molecule has 2 aromatic carbocycles. The van der Waals surface area contributed by atoms with Crippen molar-refractivity contribution in [3.63, 3.8) is 0 Å². The predicted octanol–water partition coefficient (Wildman–Crippen LogP) is 4.13. The van der Waals surface area contributed by atoms with Crippen molar-refractivity contribution in [1.82, 2.24) is 4.57 Å². The second kappa shape index (κ2) is 7.26. The number of phenols is 1. The highest BCUT2D eigenvalue weighted by molar-refractivity contribution is 5.76. The first-order valence-corrected chi connectivity index (χ1v) is 8.19. The number of hydrogen-bond acceptors (Lipinski definition) is 3. The Bertz CT molecular complexity index is 851. The summed E-state index contributed by atoms with van der Waals surface area (Å²) in [6.45, 7) is 1.99. The average molecular weight is 335 g/mol. The Morgan fingerprint density at radius 3 is 2.36 bits per heavy atom. The van der Waals surface area contributed by atoms with Gasteiger partial charge in [0.25, 0.3) is 0 Å². The molecule has 128 valence electrons. The quantitative estimate of drug-likeness (QED) is 0.713. The van der Waals surface area contributed by atoms with Crippen LogP contribution >= 0.6 is 0 Å². The second-order valence-corrected chi connectivity index (χ2v) is 6.01. The molecule has 0 aliphatic heterocycles. The summed E-state index contributed by atoms with van der Waals surface area (Å²) in [7, 11) is 1.41. The number of ether oxygens (including phenoxy) is 1. The van der Waals surface area contributed by atoms with Crippen molar-refractivity contribution >= 4 is 5.97 Å². The van der Waals surface area contributed by atoms with Crippen LogP contribution in [0.2, 0.25) is 0 Å². The maximum absolute atomic E-state index is 12.5. The summed E-state index contributed by atoms with van der Waals surface area (Å²) < 4.78 is 7.09. The molecule has 0 bridgehead atoms. The van der Waals surface area contributed by atoms with Gasteiger partial charge in [0.15, 0.2) is 0 Å². The zero-order chi connectivity index (χ0) is 17.8. The molecule has 0 saturated heterocycles. The number of rotatable bonds is 5. The molecule has 1 heterocycles. The van der Waals surface area contributed by atoms with Crippen molar-refractivity contribution in [2.24, 2.45) is 0 Å². The molecule has 1 atom stereocenters. The van der Waals surface area contributed by atoms with E-state index in [4.69, 9.17) is 4.74 Å². The van der Waals surface area contributed by atoms with E-state index in [2.05, 4.69) is 0 Å². The molecule has 1 aromatic heterocycles. The Hall–Kier alpha value is -3.01. The summed E-state index contributed by atoms with van der Waals surface area (Å²) in [5.74, 6) is -0.0787. The normalized spacial score (nSPS) is 11.9. The summed E-state index contributed by atoms with van der Waals surface area (Å²) in [5.41, 5.74) is 3.98. The largest absolute Gasteiger partial charge is 0.508 e. The molecule has 3 rings (SSSR count). The Morgan fingerprint density at radius 1 is 1.04 bits per heavy atom. The topological polar surface area (TPSA) is 51.5 Å². The van der Waals surface area contributed by atoms with Crippen molar-refractivity contribution in [3.05, 3.63) is 78.0 Å². The highest BCUT2D eigenvalue weighted by atomic mass is 16.5. The van der Waals surface area contributed by atoms with E-state index in [1.54, 1.807) is 12.1 Å². The van der Waals surface area contributed by atoms with E-state index >= 15 is 0 Å². The van der Waals surface area contributed by atoms with Crippen molar-refractivity contribution in [2.75, 3.05) is 7.11 Å². The van der Waals surface area contributed by atoms with Crippen molar-refractivity contribution in [2.45, 2.75) is 19.4 Å². The van der Waals surface area contributed by atoms with Gasteiger partial charge >= 0.3 is 5.97 Å². The summed E-state index contributed by atoms with van der Waals surface area (Å²) in [5, 5.41) is 9.47. The zero-order valence-corrected chi connectivity index (χ0v) is 14.3. The minimum absolute atomic E-state index is 0.209. The van der Waals surface area contributed by atoms with Crippen LogP contribution < -0.4 is 0 Å². The van der Waals surface area contributed by atoms with Gasteiger partial charge in [0.2, 0.25) is 0 Å². The average Bonchev–Trinajstić information content (AvgIpc) is 3.02. The van der Waals surface area contributed by atoms with Gasteiger partial charge in [0.05, 0.1) is 7.11 Å².